The number of benzene rings is 2. The summed E-state index contributed by atoms with van der Waals surface area (Å²) in [7, 11) is 3.29. The van der Waals surface area contributed by atoms with Crippen LogP contribution in [-0.4, -0.2) is 56.1 Å². The van der Waals surface area contributed by atoms with Crippen molar-refractivity contribution in [2.75, 3.05) is 38.8 Å². The molecule has 9 nitrogen and oxygen atoms in total. The number of carbonyl (C=O) groups excluding carboxylic acids is 1. The lowest BCUT2D eigenvalue weighted by Crippen LogP contribution is -2.20. The van der Waals surface area contributed by atoms with Gasteiger partial charge in [-0.3, -0.25) is 9.78 Å². The van der Waals surface area contributed by atoms with Gasteiger partial charge in [0, 0.05) is 54.1 Å². The molecule has 1 aliphatic rings. The van der Waals surface area contributed by atoms with Gasteiger partial charge in [0.1, 0.15) is 18.0 Å². The fraction of sp³-hybridized carbons (Fsp3) is 0.333. The summed E-state index contributed by atoms with van der Waals surface area (Å²) in [5.74, 6) is 1.72. The summed E-state index contributed by atoms with van der Waals surface area (Å²) in [5.41, 5.74) is 4.45. The Morgan fingerprint density at radius 1 is 1.11 bits per heavy atom. The molecule has 1 aromatic heterocycles. The number of rotatable bonds is 12. The van der Waals surface area contributed by atoms with Gasteiger partial charge in [-0.1, -0.05) is 0 Å². The Morgan fingerprint density at radius 3 is 2.50 bits per heavy atom. The van der Waals surface area contributed by atoms with Gasteiger partial charge in [0.25, 0.3) is 0 Å². The zero-order valence-electron chi connectivity index (χ0n) is 20.8. The fourth-order valence-corrected chi connectivity index (χ4v) is 3.82. The normalized spacial score (nSPS) is 13.2. The van der Waals surface area contributed by atoms with E-state index < -0.39 is 0 Å². The minimum Gasteiger partial charge on any atom is -0.497 e. The van der Waals surface area contributed by atoms with Gasteiger partial charge in [-0.15, -0.1) is 0 Å². The van der Waals surface area contributed by atoms with Crippen molar-refractivity contribution in [2.45, 2.75) is 19.8 Å². The van der Waals surface area contributed by atoms with Crippen LogP contribution in [0.2, 0.25) is 0 Å². The number of carbonyl (C=O) groups is 1. The molecule has 1 saturated carbocycles. The van der Waals surface area contributed by atoms with Gasteiger partial charge >= 0.3 is 5.97 Å². The Bertz CT molecular complexity index is 1250. The van der Waals surface area contributed by atoms with Gasteiger partial charge in [0.2, 0.25) is 0 Å². The third-order valence-corrected chi connectivity index (χ3v) is 5.88. The summed E-state index contributed by atoms with van der Waals surface area (Å²) in [6, 6.07) is 11.9. The first-order valence-corrected chi connectivity index (χ1v) is 11.9. The molecule has 0 bridgehead atoms. The first-order chi connectivity index (χ1) is 17.5. The van der Waals surface area contributed by atoms with Gasteiger partial charge in [0.05, 0.1) is 43.8 Å². The van der Waals surface area contributed by atoms with Crippen LogP contribution in [0.5, 0.6) is 11.5 Å². The van der Waals surface area contributed by atoms with E-state index >= 15 is 0 Å². The highest BCUT2D eigenvalue weighted by molar-refractivity contribution is 6.07. The molecule has 1 heterocycles. The Balaban J connectivity index is 1.67. The smallest absolute Gasteiger partial charge is 0.325 e. The van der Waals surface area contributed by atoms with E-state index in [0.717, 1.165) is 34.9 Å². The molecule has 0 atom stereocenters. The monoisotopic (exact) mass is 489 g/mol. The minimum atomic E-state index is -0.364. The summed E-state index contributed by atoms with van der Waals surface area (Å²) in [6.45, 7) is 2.96. The molecule has 1 aliphatic carbocycles. The first kappa shape index (κ1) is 25.0. The standard InChI is InChI=1S/C27H31N5O4/c1-4-36-27(33)16-29-14-19(13-28)26-15-30-24-8-7-20(11-25(24)31-26)32(17-18-5-6-18)21-9-22(34-2)12-23(10-21)35-3/h7-15,18,28-29H,4-6,16-17H2,1-3H3/b19-14+,28-13?. The summed E-state index contributed by atoms with van der Waals surface area (Å²) >= 11 is 0. The number of aromatic nitrogens is 2. The second-order valence-electron chi connectivity index (χ2n) is 8.48. The summed E-state index contributed by atoms with van der Waals surface area (Å²) in [5, 5.41) is 10.7. The van der Waals surface area contributed by atoms with Crippen LogP contribution in [0.3, 0.4) is 0 Å². The summed E-state index contributed by atoms with van der Waals surface area (Å²) in [6.07, 6.45) is 6.80. The second-order valence-corrected chi connectivity index (χ2v) is 8.48. The van der Waals surface area contributed by atoms with E-state index in [9.17, 15) is 4.79 Å². The van der Waals surface area contributed by atoms with E-state index in [-0.39, 0.29) is 12.5 Å². The van der Waals surface area contributed by atoms with Crippen molar-refractivity contribution >= 4 is 40.2 Å². The van der Waals surface area contributed by atoms with Crippen molar-refractivity contribution in [3.8, 4) is 11.5 Å². The predicted molar refractivity (Wildman–Crippen MR) is 140 cm³/mol. The molecule has 0 unspecified atom stereocenters. The average Bonchev–Trinajstić information content (AvgIpc) is 3.73. The highest BCUT2D eigenvalue weighted by atomic mass is 16.5. The quantitative estimate of drug-likeness (QED) is 0.286. The molecule has 3 aromatic rings. The topological polar surface area (TPSA) is 110 Å². The molecular formula is C27H31N5O4. The second kappa shape index (κ2) is 11.5. The van der Waals surface area contributed by atoms with Gasteiger partial charge < -0.3 is 29.8 Å². The van der Waals surface area contributed by atoms with Crippen LogP contribution in [0.1, 0.15) is 25.5 Å². The fourth-order valence-electron chi connectivity index (χ4n) is 3.82. The van der Waals surface area contributed by atoms with Crippen molar-refractivity contribution < 1.29 is 19.0 Å². The van der Waals surface area contributed by atoms with E-state index in [4.69, 9.17) is 24.6 Å². The lowest BCUT2D eigenvalue weighted by atomic mass is 10.1. The Kier molecular flexibility index (Phi) is 7.99. The molecule has 0 spiro atoms. The largest absolute Gasteiger partial charge is 0.497 e. The van der Waals surface area contributed by atoms with Crippen LogP contribution < -0.4 is 19.7 Å². The molecule has 36 heavy (non-hydrogen) atoms. The molecule has 0 aliphatic heterocycles. The van der Waals surface area contributed by atoms with Crippen molar-refractivity contribution in [3.05, 3.63) is 54.5 Å². The first-order valence-electron chi connectivity index (χ1n) is 11.9. The number of nitrogens with one attached hydrogen (secondary N) is 2. The molecule has 0 radical (unpaired) electrons. The van der Waals surface area contributed by atoms with E-state index in [2.05, 4.69) is 15.2 Å². The maximum Gasteiger partial charge on any atom is 0.325 e. The molecule has 9 heteroatoms. The van der Waals surface area contributed by atoms with Gasteiger partial charge in [0.15, 0.2) is 0 Å². The van der Waals surface area contributed by atoms with Crippen LogP contribution in [-0.2, 0) is 9.53 Å². The average molecular weight is 490 g/mol. The minimum absolute atomic E-state index is 0.0104. The SMILES string of the molecule is CCOC(=O)CN/C=C(\C=N)c1cnc2ccc(N(CC3CC3)c3cc(OC)cc(OC)c3)cc2n1. The Hall–Kier alpha value is -4.14. The molecular weight excluding hydrogens is 458 g/mol. The van der Waals surface area contributed by atoms with E-state index in [1.807, 2.05) is 36.4 Å². The number of anilines is 2. The van der Waals surface area contributed by atoms with Crippen molar-refractivity contribution in [3.63, 3.8) is 0 Å². The van der Waals surface area contributed by atoms with E-state index in [1.165, 1.54) is 19.1 Å². The zero-order chi connectivity index (χ0) is 25.5. The maximum atomic E-state index is 11.6. The van der Waals surface area contributed by atoms with Gasteiger partial charge in [-0.2, -0.15) is 0 Å². The highest BCUT2D eigenvalue weighted by Crippen LogP contribution is 2.38. The van der Waals surface area contributed by atoms with Gasteiger partial charge in [-0.05, 0) is 43.9 Å². The zero-order valence-corrected chi connectivity index (χ0v) is 20.8. The predicted octanol–water partition coefficient (Wildman–Crippen LogP) is 4.34. The van der Waals surface area contributed by atoms with Crippen LogP contribution in [0.15, 0.2) is 48.8 Å². The van der Waals surface area contributed by atoms with E-state index in [1.54, 1.807) is 33.5 Å². The third kappa shape index (κ3) is 6.10. The van der Waals surface area contributed by atoms with Crippen molar-refractivity contribution in [1.29, 1.82) is 5.41 Å². The molecule has 0 amide bonds. The lowest BCUT2D eigenvalue weighted by Gasteiger charge is -2.26. The van der Waals surface area contributed by atoms with Crippen molar-refractivity contribution in [2.24, 2.45) is 5.92 Å². The van der Waals surface area contributed by atoms with Crippen molar-refractivity contribution in [1.82, 2.24) is 15.3 Å². The third-order valence-electron chi connectivity index (χ3n) is 5.88. The highest BCUT2D eigenvalue weighted by Gasteiger charge is 2.26. The molecule has 1 fully saturated rings. The number of allylic oxidation sites excluding steroid dienone is 1. The molecule has 2 aromatic carbocycles. The Labute approximate surface area is 210 Å². The molecule has 2 N–H and O–H groups in total. The van der Waals surface area contributed by atoms with Crippen LogP contribution in [0, 0.1) is 11.3 Å². The van der Waals surface area contributed by atoms with E-state index in [0.29, 0.717) is 29.3 Å². The van der Waals surface area contributed by atoms with Crippen LogP contribution in [0.4, 0.5) is 11.4 Å². The number of methoxy groups -OCH3 is 2. The number of hydrogen-bond donors (Lipinski definition) is 2. The number of nitrogens with zero attached hydrogens (tertiary/aromatic N) is 3. The molecule has 0 saturated heterocycles. The summed E-state index contributed by atoms with van der Waals surface area (Å²) < 4.78 is 15.9. The number of hydrogen-bond acceptors (Lipinski definition) is 9. The summed E-state index contributed by atoms with van der Waals surface area (Å²) in [4.78, 5) is 23.1. The molecule has 188 valence electrons. The Morgan fingerprint density at radius 2 is 1.86 bits per heavy atom. The maximum absolute atomic E-state index is 11.6. The lowest BCUT2D eigenvalue weighted by molar-refractivity contribution is -0.141. The van der Waals surface area contributed by atoms with Crippen LogP contribution >= 0.6 is 0 Å². The number of esters is 1. The van der Waals surface area contributed by atoms with Gasteiger partial charge in [-0.25, -0.2) is 4.98 Å². The van der Waals surface area contributed by atoms with Crippen LogP contribution in [0.25, 0.3) is 16.6 Å². The molecule has 4 rings (SSSR count). The number of ether oxygens (including phenoxy) is 3. The number of fused-ring (bicyclic) bond motifs is 1.